The number of nitrogens with one attached hydrogen (secondary N) is 1. The fourth-order valence-corrected chi connectivity index (χ4v) is 1.48. The van der Waals surface area contributed by atoms with Crippen molar-refractivity contribution >= 4 is 11.0 Å². The summed E-state index contributed by atoms with van der Waals surface area (Å²) in [5.41, 5.74) is 1.39. The molecule has 80 valence electrons. The molecule has 0 atom stereocenters. The van der Waals surface area contributed by atoms with E-state index in [4.69, 9.17) is 0 Å². The zero-order chi connectivity index (χ0) is 11.1. The molecule has 0 unspecified atom stereocenters. The summed E-state index contributed by atoms with van der Waals surface area (Å²) in [5.74, 6) is -3.50. The van der Waals surface area contributed by atoms with Gasteiger partial charge in [-0.1, -0.05) is 19.9 Å². The van der Waals surface area contributed by atoms with E-state index in [1.807, 2.05) is 0 Å². The Morgan fingerprint density at radius 1 is 1.33 bits per heavy atom. The van der Waals surface area contributed by atoms with Crippen LogP contribution in [0.3, 0.4) is 0 Å². The van der Waals surface area contributed by atoms with Crippen LogP contribution in [0.25, 0.3) is 11.0 Å². The number of hydrogen-bond donors (Lipinski definition) is 1. The number of fused-ring (bicyclic) bond motifs is 1. The van der Waals surface area contributed by atoms with Crippen LogP contribution in [0.1, 0.15) is 19.4 Å². The molecule has 0 fully saturated rings. The number of benzene rings is 1. The summed E-state index contributed by atoms with van der Waals surface area (Å²) in [5, 5.41) is 0. The Bertz CT molecular complexity index is 474. The summed E-state index contributed by atoms with van der Waals surface area (Å²) in [6.07, 6.45) is 1.50. The van der Waals surface area contributed by atoms with Crippen molar-refractivity contribution in [3.05, 3.63) is 30.1 Å². The van der Waals surface area contributed by atoms with Crippen LogP contribution in [0, 0.1) is 5.92 Å². The number of imidazole rings is 1. The second-order valence-corrected chi connectivity index (χ2v) is 3.91. The number of alkyl halides is 2. The van der Waals surface area contributed by atoms with Gasteiger partial charge in [-0.15, -0.1) is 0 Å². The van der Waals surface area contributed by atoms with Gasteiger partial charge in [-0.3, -0.25) is 0 Å². The number of hydrogen-bond acceptors (Lipinski definition) is 1. The van der Waals surface area contributed by atoms with Gasteiger partial charge in [0.25, 0.3) is 5.92 Å². The van der Waals surface area contributed by atoms with Crippen molar-refractivity contribution in [2.45, 2.75) is 19.8 Å². The van der Waals surface area contributed by atoms with Crippen LogP contribution in [0.5, 0.6) is 0 Å². The fourth-order valence-electron chi connectivity index (χ4n) is 1.48. The van der Waals surface area contributed by atoms with E-state index in [0.29, 0.717) is 11.0 Å². The normalized spacial score (nSPS) is 12.6. The zero-order valence-corrected chi connectivity index (χ0v) is 8.59. The van der Waals surface area contributed by atoms with Crippen LogP contribution in [0.2, 0.25) is 0 Å². The number of nitrogens with zero attached hydrogens (tertiary/aromatic N) is 1. The Morgan fingerprint density at radius 3 is 2.73 bits per heavy atom. The van der Waals surface area contributed by atoms with Gasteiger partial charge in [0.2, 0.25) is 0 Å². The van der Waals surface area contributed by atoms with Gasteiger partial charge in [-0.05, 0) is 12.1 Å². The Morgan fingerprint density at radius 2 is 2.07 bits per heavy atom. The second-order valence-electron chi connectivity index (χ2n) is 3.91. The second kappa shape index (κ2) is 3.29. The lowest BCUT2D eigenvalue weighted by molar-refractivity contribution is -0.0512. The lowest BCUT2D eigenvalue weighted by Crippen LogP contribution is -2.20. The molecule has 0 saturated heterocycles. The standard InChI is InChI=1S/C11H12F2N2/c1-7(2)11(12,13)8-3-4-9-10(5-8)15-6-14-9/h3-7H,1-2H3,(H,14,15). The van der Waals surface area contributed by atoms with Gasteiger partial charge in [0.1, 0.15) is 0 Å². The summed E-state index contributed by atoms with van der Waals surface area (Å²) in [4.78, 5) is 6.81. The third-order valence-corrected chi connectivity index (χ3v) is 2.53. The van der Waals surface area contributed by atoms with Crippen molar-refractivity contribution in [1.29, 1.82) is 0 Å². The average molecular weight is 210 g/mol. The Hall–Kier alpha value is -1.45. The average Bonchev–Trinajstić information content (AvgIpc) is 2.63. The van der Waals surface area contributed by atoms with Crippen LogP contribution in [-0.2, 0) is 5.92 Å². The lowest BCUT2D eigenvalue weighted by Gasteiger charge is -2.20. The summed E-state index contributed by atoms with van der Waals surface area (Å²) in [6, 6.07) is 4.50. The van der Waals surface area contributed by atoms with Crippen molar-refractivity contribution < 1.29 is 8.78 Å². The molecule has 0 aliphatic carbocycles. The van der Waals surface area contributed by atoms with E-state index in [-0.39, 0.29) is 5.56 Å². The lowest BCUT2D eigenvalue weighted by atomic mass is 9.97. The molecule has 1 aromatic carbocycles. The van der Waals surface area contributed by atoms with E-state index in [1.54, 1.807) is 6.07 Å². The minimum Gasteiger partial charge on any atom is -0.345 e. The van der Waals surface area contributed by atoms with E-state index in [1.165, 1.54) is 32.3 Å². The topological polar surface area (TPSA) is 28.7 Å². The highest BCUT2D eigenvalue weighted by molar-refractivity contribution is 5.75. The van der Waals surface area contributed by atoms with Crippen LogP contribution >= 0.6 is 0 Å². The molecule has 4 heteroatoms. The summed E-state index contributed by atoms with van der Waals surface area (Å²) >= 11 is 0. The van der Waals surface area contributed by atoms with Crippen molar-refractivity contribution in [2.24, 2.45) is 5.92 Å². The van der Waals surface area contributed by atoms with Gasteiger partial charge in [0, 0.05) is 11.5 Å². The van der Waals surface area contributed by atoms with E-state index in [9.17, 15) is 8.78 Å². The highest BCUT2D eigenvalue weighted by Gasteiger charge is 2.35. The van der Waals surface area contributed by atoms with Gasteiger partial charge < -0.3 is 4.98 Å². The van der Waals surface area contributed by atoms with Crippen LogP contribution in [0.4, 0.5) is 8.78 Å². The maximum atomic E-state index is 13.7. The molecule has 15 heavy (non-hydrogen) atoms. The van der Waals surface area contributed by atoms with Gasteiger partial charge in [-0.25, -0.2) is 13.8 Å². The molecule has 1 heterocycles. The number of H-pyrrole nitrogens is 1. The summed E-state index contributed by atoms with van der Waals surface area (Å²) in [6.45, 7) is 3.02. The van der Waals surface area contributed by atoms with Crippen LogP contribution in [0.15, 0.2) is 24.5 Å². The molecule has 2 nitrogen and oxygen atoms in total. The van der Waals surface area contributed by atoms with Crippen molar-refractivity contribution in [2.75, 3.05) is 0 Å². The molecule has 1 aromatic heterocycles. The number of rotatable bonds is 2. The first-order valence-corrected chi connectivity index (χ1v) is 4.83. The predicted octanol–water partition coefficient (Wildman–Crippen LogP) is 3.31. The molecule has 0 bridgehead atoms. The highest BCUT2D eigenvalue weighted by atomic mass is 19.3. The van der Waals surface area contributed by atoms with E-state index in [0.717, 1.165) is 0 Å². The number of halogens is 2. The first kappa shape index (κ1) is 10.1. The Labute approximate surface area is 86.3 Å². The van der Waals surface area contributed by atoms with Crippen molar-refractivity contribution in [3.63, 3.8) is 0 Å². The van der Waals surface area contributed by atoms with E-state index in [2.05, 4.69) is 9.97 Å². The summed E-state index contributed by atoms with van der Waals surface area (Å²) < 4.78 is 27.4. The smallest absolute Gasteiger partial charge is 0.275 e. The monoisotopic (exact) mass is 210 g/mol. The molecule has 0 radical (unpaired) electrons. The van der Waals surface area contributed by atoms with E-state index < -0.39 is 11.8 Å². The molecule has 0 aliphatic heterocycles. The van der Waals surface area contributed by atoms with Gasteiger partial charge >= 0.3 is 0 Å². The quantitative estimate of drug-likeness (QED) is 0.809. The molecule has 2 aromatic rings. The predicted molar refractivity (Wildman–Crippen MR) is 54.8 cm³/mol. The number of aromatic amines is 1. The SMILES string of the molecule is CC(C)C(F)(F)c1ccc2nc[nH]c2c1. The first-order chi connectivity index (χ1) is 7.01. The van der Waals surface area contributed by atoms with Crippen molar-refractivity contribution in [1.82, 2.24) is 9.97 Å². The molecular weight excluding hydrogens is 198 g/mol. The Balaban J connectivity index is 2.52. The third kappa shape index (κ3) is 1.60. The summed E-state index contributed by atoms with van der Waals surface area (Å²) in [7, 11) is 0. The fraction of sp³-hybridized carbons (Fsp3) is 0.364. The van der Waals surface area contributed by atoms with Gasteiger partial charge in [-0.2, -0.15) is 0 Å². The minimum absolute atomic E-state index is 0.0363. The van der Waals surface area contributed by atoms with Crippen LogP contribution in [-0.4, -0.2) is 9.97 Å². The molecule has 0 saturated carbocycles. The van der Waals surface area contributed by atoms with Gasteiger partial charge in [0.15, 0.2) is 0 Å². The van der Waals surface area contributed by atoms with Crippen LogP contribution < -0.4 is 0 Å². The van der Waals surface area contributed by atoms with Crippen molar-refractivity contribution in [3.8, 4) is 0 Å². The Kier molecular flexibility index (Phi) is 2.21. The third-order valence-electron chi connectivity index (χ3n) is 2.53. The van der Waals surface area contributed by atoms with Gasteiger partial charge in [0.05, 0.1) is 17.4 Å². The molecule has 0 spiro atoms. The molecule has 2 rings (SSSR count). The number of aromatic nitrogens is 2. The molecular formula is C11H12F2N2. The minimum atomic E-state index is -2.79. The zero-order valence-electron chi connectivity index (χ0n) is 8.59. The molecule has 1 N–H and O–H groups in total. The maximum absolute atomic E-state index is 13.7. The first-order valence-electron chi connectivity index (χ1n) is 4.83. The largest absolute Gasteiger partial charge is 0.345 e. The van der Waals surface area contributed by atoms with E-state index >= 15 is 0 Å². The maximum Gasteiger partial charge on any atom is 0.275 e. The molecule has 0 aliphatic rings. The molecule has 0 amide bonds. The highest BCUT2D eigenvalue weighted by Crippen LogP contribution is 2.36.